The van der Waals surface area contributed by atoms with Crippen molar-refractivity contribution in [2.24, 2.45) is 0 Å². The van der Waals surface area contributed by atoms with Crippen LogP contribution in [0.5, 0.6) is 0 Å². The standard InChI is InChI=1S/C17H16N4O2/c22-13-8-10-21(11-13)16-14(7-4-9-18-16)17-19-15(20-23-17)12-5-2-1-3-6-12/h1-7,9,13,22H,8,10-11H2. The van der Waals surface area contributed by atoms with Crippen molar-refractivity contribution in [2.75, 3.05) is 18.0 Å². The second-order valence-electron chi connectivity index (χ2n) is 5.55. The first-order chi connectivity index (χ1) is 11.3. The lowest BCUT2D eigenvalue weighted by Crippen LogP contribution is -2.22. The number of rotatable bonds is 3. The zero-order chi connectivity index (χ0) is 15.6. The van der Waals surface area contributed by atoms with Crippen LogP contribution < -0.4 is 4.90 Å². The number of hydrogen-bond acceptors (Lipinski definition) is 6. The highest BCUT2D eigenvalue weighted by molar-refractivity contribution is 5.71. The van der Waals surface area contributed by atoms with E-state index in [1.165, 1.54) is 0 Å². The minimum Gasteiger partial charge on any atom is -0.391 e. The fourth-order valence-corrected chi connectivity index (χ4v) is 2.79. The molecule has 3 heterocycles. The molecule has 1 unspecified atom stereocenters. The molecule has 1 fully saturated rings. The van der Waals surface area contributed by atoms with E-state index in [0.29, 0.717) is 18.3 Å². The Labute approximate surface area is 133 Å². The Balaban J connectivity index is 1.70. The van der Waals surface area contributed by atoms with Crippen molar-refractivity contribution in [1.82, 2.24) is 15.1 Å². The molecule has 6 heteroatoms. The quantitative estimate of drug-likeness (QED) is 0.800. The van der Waals surface area contributed by atoms with E-state index < -0.39 is 0 Å². The molecule has 23 heavy (non-hydrogen) atoms. The van der Waals surface area contributed by atoms with Crippen molar-refractivity contribution >= 4 is 5.82 Å². The molecule has 0 radical (unpaired) electrons. The number of pyridine rings is 1. The van der Waals surface area contributed by atoms with Crippen LogP contribution in [-0.2, 0) is 0 Å². The summed E-state index contributed by atoms with van der Waals surface area (Å²) in [5, 5.41) is 13.8. The summed E-state index contributed by atoms with van der Waals surface area (Å²) in [5.74, 6) is 1.76. The first-order valence-corrected chi connectivity index (χ1v) is 7.59. The molecule has 0 bridgehead atoms. The Morgan fingerprint density at radius 2 is 2.00 bits per heavy atom. The van der Waals surface area contributed by atoms with Crippen LogP contribution in [0, 0.1) is 0 Å². The molecule has 1 atom stereocenters. The van der Waals surface area contributed by atoms with Crippen LogP contribution in [0.25, 0.3) is 22.8 Å². The molecule has 1 aliphatic rings. The normalized spacial score (nSPS) is 17.6. The molecule has 3 aromatic rings. The average Bonchev–Trinajstić information content (AvgIpc) is 3.25. The van der Waals surface area contributed by atoms with E-state index in [9.17, 15) is 5.11 Å². The van der Waals surface area contributed by atoms with E-state index in [1.54, 1.807) is 6.20 Å². The molecule has 4 rings (SSSR count). The van der Waals surface area contributed by atoms with Gasteiger partial charge >= 0.3 is 0 Å². The summed E-state index contributed by atoms with van der Waals surface area (Å²) < 4.78 is 5.44. The number of aliphatic hydroxyl groups excluding tert-OH is 1. The van der Waals surface area contributed by atoms with E-state index in [2.05, 4.69) is 15.1 Å². The molecule has 0 spiro atoms. The largest absolute Gasteiger partial charge is 0.391 e. The summed E-state index contributed by atoms with van der Waals surface area (Å²) in [6.07, 6.45) is 2.17. The van der Waals surface area contributed by atoms with Gasteiger partial charge in [-0.25, -0.2) is 4.98 Å². The van der Waals surface area contributed by atoms with Gasteiger partial charge in [0.25, 0.3) is 5.89 Å². The minimum atomic E-state index is -0.313. The van der Waals surface area contributed by atoms with E-state index >= 15 is 0 Å². The van der Waals surface area contributed by atoms with Crippen LogP contribution in [0.3, 0.4) is 0 Å². The predicted molar refractivity (Wildman–Crippen MR) is 85.8 cm³/mol. The van der Waals surface area contributed by atoms with E-state index in [0.717, 1.165) is 29.9 Å². The number of β-amino-alcohol motifs (C(OH)–C–C–N with tert-alkyl or cyclic N) is 1. The highest BCUT2D eigenvalue weighted by atomic mass is 16.5. The molecule has 1 N–H and O–H groups in total. The van der Waals surface area contributed by atoms with Gasteiger partial charge in [0.1, 0.15) is 5.82 Å². The van der Waals surface area contributed by atoms with Gasteiger partial charge in [0.05, 0.1) is 11.7 Å². The lowest BCUT2D eigenvalue weighted by Gasteiger charge is -2.18. The van der Waals surface area contributed by atoms with E-state index in [4.69, 9.17) is 4.52 Å². The number of anilines is 1. The Kier molecular flexibility index (Phi) is 3.51. The van der Waals surface area contributed by atoms with Crippen LogP contribution in [0.4, 0.5) is 5.82 Å². The zero-order valence-electron chi connectivity index (χ0n) is 12.5. The highest BCUT2D eigenvalue weighted by Crippen LogP contribution is 2.31. The van der Waals surface area contributed by atoms with Crippen molar-refractivity contribution in [1.29, 1.82) is 0 Å². The second kappa shape index (κ2) is 5.81. The van der Waals surface area contributed by atoms with Gasteiger partial charge in [0, 0.05) is 24.8 Å². The van der Waals surface area contributed by atoms with Crippen LogP contribution in [-0.4, -0.2) is 39.4 Å². The fourth-order valence-electron chi connectivity index (χ4n) is 2.79. The maximum absolute atomic E-state index is 9.75. The van der Waals surface area contributed by atoms with Gasteiger partial charge in [-0.2, -0.15) is 4.98 Å². The summed E-state index contributed by atoms with van der Waals surface area (Å²) in [5.41, 5.74) is 1.70. The van der Waals surface area contributed by atoms with Crippen LogP contribution in [0.2, 0.25) is 0 Å². The van der Waals surface area contributed by atoms with Crippen LogP contribution in [0.1, 0.15) is 6.42 Å². The summed E-state index contributed by atoms with van der Waals surface area (Å²) in [4.78, 5) is 11.0. The lowest BCUT2D eigenvalue weighted by molar-refractivity contribution is 0.198. The maximum atomic E-state index is 9.75. The molecular formula is C17H16N4O2. The Morgan fingerprint density at radius 3 is 2.78 bits per heavy atom. The van der Waals surface area contributed by atoms with Crippen molar-refractivity contribution in [2.45, 2.75) is 12.5 Å². The van der Waals surface area contributed by atoms with Gasteiger partial charge in [0.15, 0.2) is 0 Å². The first-order valence-electron chi connectivity index (χ1n) is 7.59. The van der Waals surface area contributed by atoms with Crippen molar-refractivity contribution in [3.05, 3.63) is 48.7 Å². The Morgan fingerprint density at radius 1 is 1.13 bits per heavy atom. The summed E-state index contributed by atoms with van der Waals surface area (Å²) in [6.45, 7) is 1.34. The average molecular weight is 308 g/mol. The topological polar surface area (TPSA) is 75.3 Å². The molecule has 0 amide bonds. The maximum Gasteiger partial charge on any atom is 0.261 e. The number of aliphatic hydroxyl groups is 1. The minimum absolute atomic E-state index is 0.313. The predicted octanol–water partition coefficient (Wildman–Crippen LogP) is 2.37. The number of aromatic nitrogens is 3. The van der Waals surface area contributed by atoms with Crippen LogP contribution >= 0.6 is 0 Å². The highest BCUT2D eigenvalue weighted by Gasteiger charge is 2.25. The monoisotopic (exact) mass is 308 g/mol. The smallest absolute Gasteiger partial charge is 0.261 e. The summed E-state index contributed by atoms with van der Waals surface area (Å²) >= 11 is 0. The summed E-state index contributed by atoms with van der Waals surface area (Å²) in [6, 6.07) is 13.5. The van der Waals surface area contributed by atoms with Gasteiger partial charge in [-0.05, 0) is 18.6 Å². The molecular weight excluding hydrogens is 292 g/mol. The van der Waals surface area contributed by atoms with Crippen molar-refractivity contribution in [3.63, 3.8) is 0 Å². The molecule has 116 valence electrons. The van der Waals surface area contributed by atoms with Gasteiger partial charge < -0.3 is 14.5 Å². The third kappa shape index (κ3) is 2.68. The number of hydrogen-bond donors (Lipinski definition) is 1. The van der Waals surface area contributed by atoms with Crippen molar-refractivity contribution < 1.29 is 9.63 Å². The van der Waals surface area contributed by atoms with Gasteiger partial charge in [-0.1, -0.05) is 35.5 Å². The Bertz CT molecular complexity index is 803. The molecule has 1 aliphatic heterocycles. The van der Waals surface area contributed by atoms with E-state index in [-0.39, 0.29) is 6.10 Å². The first kappa shape index (κ1) is 13.9. The Hall–Kier alpha value is -2.73. The summed E-state index contributed by atoms with van der Waals surface area (Å²) in [7, 11) is 0. The van der Waals surface area contributed by atoms with Gasteiger partial charge in [-0.15, -0.1) is 0 Å². The third-order valence-corrected chi connectivity index (χ3v) is 3.94. The van der Waals surface area contributed by atoms with Gasteiger partial charge in [-0.3, -0.25) is 0 Å². The second-order valence-corrected chi connectivity index (χ2v) is 5.55. The number of benzene rings is 1. The molecule has 0 saturated carbocycles. The molecule has 1 saturated heterocycles. The van der Waals surface area contributed by atoms with Crippen molar-refractivity contribution in [3.8, 4) is 22.8 Å². The lowest BCUT2D eigenvalue weighted by atomic mass is 10.2. The SMILES string of the molecule is OC1CCN(c2ncccc2-c2nc(-c3ccccc3)no2)C1. The number of nitrogens with zero attached hydrogens (tertiary/aromatic N) is 4. The third-order valence-electron chi connectivity index (χ3n) is 3.94. The molecule has 6 nitrogen and oxygen atoms in total. The molecule has 0 aliphatic carbocycles. The fraction of sp³-hybridized carbons (Fsp3) is 0.235. The molecule has 2 aromatic heterocycles. The van der Waals surface area contributed by atoms with E-state index in [1.807, 2.05) is 47.4 Å². The molecule has 1 aromatic carbocycles. The zero-order valence-corrected chi connectivity index (χ0v) is 12.5. The van der Waals surface area contributed by atoms with Gasteiger partial charge in [0.2, 0.25) is 5.82 Å². The van der Waals surface area contributed by atoms with Crippen LogP contribution in [0.15, 0.2) is 53.2 Å².